The van der Waals surface area contributed by atoms with Gasteiger partial charge < -0.3 is 38.2 Å². The highest BCUT2D eigenvalue weighted by Crippen LogP contribution is 2.11. The van der Waals surface area contributed by atoms with E-state index in [9.17, 15) is 0 Å². The van der Waals surface area contributed by atoms with Crippen molar-refractivity contribution in [3.05, 3.63) is 89.5 Å². The summed E-state index contributed by atoms with van der Waals surface area (Å²) in [6.07, 6.45) is 5.07. The quantitative estimate of drug-likeness (QED) is 0.126. The van der Waals surface area contributed by atoms with Crippen LogP contribution in [0.5, 0.6) is 17.2 Å². The van der Waals surface area contributed by atoms with Crippen molar-refractivity contribution in [2.45, 2.75) is 0 Å². The van der Waals surface area contributed by atoms with Gasteiger partial charge in [0.2, 0.25) is 0 Å². The van der Waals surface area contributed by atoms with Crippen molar-refractivity contribution >= 4 is 24.6 Å². The van der Waals surface area contributed by atoms with Crippen molar-refractivity contribution in [1.29, 1.82) is 0 Å². The first-order valence-electron chi connectivity index (χ1n) is 10.4. The summed E-state index contributed by atoms with van der Waals surface area (Å²) in [5, 5.41) is 15.5. The van der Waals surface area contributed by atoms with Crippen molar-refractivity contribution in [3.8, 4) is 17.2 Å². The molecule has 0 unspecified atom stereocenters. The van der Waals surface area contributed by atoms with Crippen molar-refractivity contribution in [2.75, 3.05) is 21.3 Å². The molecule has 3 aromatic carbocycles. The fraction of sp³-hybridized carbons (Fsp3) is 0.120. The maximum Gasteiger partial charge on any atom is 0.291 e. The fourth-order valence-electron chi connectivity index (χ4n) is 2.66. The minimum absolute atomic E-state index is 0. The van der Waals surface area contributed by atoms with Gasteiger partial charge in [0.05, 0.1) is 33.8 Å². The molecular weight excluding hydrogens is 559 g/mol. The average Bonchev–Trinajstić information content (AvgIpc) is 2.89. The van der Waals surface area contributed by atoms with E-state index >= 15 is 0 Å². The summed E-state index contributed by atoms with van der Waals surface area (Å²) >= 11 is 0. The highest BCUT2D eigenvalue weighted by Gasteiger charge is 2.00. The van der Waals surface area contributed by atoms with E-state index < -0.39 is 0 Å². The van der Waals surface area contributed by atoms with Crippen LogP contribution in [0.25, 0.3) is 0 Å². The first-order chi connectivity index (χ1) is 16.7. The van der Waals surface area contributed by atoms with Crippen LogP contribution >= 0.6 is 0 Å². The van der Waals surface area contributed by atoms with Crippen LogP contribution in [0, 0.1) is 0 Å². The van der Waals surface area contributed by atoms with E-state index in [4.69, 9.17) is 14.2 Å². The van der Waals surface area contributed by atoms with Crippen LogP contribution in [0.4, 0.5) is 0 Å². The molecule has 0 amide bonds. The maximum absolute atomic E-state index is 5.17. The lowest BCUT2D eigenvalue weighted by atomic mass is 10.2. The third kappa shape index (κ3) is 9.45. The summed E-state index contributed by atoms with van der Waals surface area (Å²) in [6, 6.07) is 22.6. The lowest BCUT2D eigenvalue weighted by Gasteiger charge is -2.01. The number of hydrogen-bond donors (Lipinski definition) is 3. The maximum atomic E-state index is 5.17. The molecule has 9 nitrogen and oxygen atoms in total. The zero-order valence-electron chi connectivity index (χ0n) is 19.6. The molecule has 10 heteroatoms. The number of nitrogens with one attached hydrogen (secondary N) is 3. The van der Waals surface area contributed by atoms with Gasteiger partial charge in [-0.15, -0.1) is 15.6 Å². The van der Waals surface area contributed by atoms with Gasteiger partial charge in [0.1, 0.15) is 17.2 Å². The van der Waals surface area contributed by atoms with Gasteiger partial charge in [-0.1, -0.05) is 0 Å². The van der Waals surface area contributed by atoms with E-state index in [0.717, 1.165) is 33.9 Å². The second kappa shape index (κ2) is 15.1. The Balaban J connectivity index is 0.00000432. The summed E-state index contributed by atoms with van der Waals surface area (Å²) < 4.78 is 15.5. The second-order valence-corrected chi connectivity index (χ2v) is 6.80. The minimum Gasteiger partial charge on any atom is -1.00 e. The number of halogens is 1. The molecule has 0 saturated heterocycles. The van der Waals surface area contributed by atoms with E-state index in [-0.39, 0.29) is 24.0 Å². The SMILES string of the molecule is COc1ccc(C=NN/C(=N\N=C\c2ccc(OC)cc2)N[NH+]=Cc2ccc(OC)cc2)cc1.[I-]. The summed E-state index contributed by atoms with van der Waals surface area (Å²) in [6.45, 7) is 0. The Hall–Kier alpha value is -3.93. The third-order valence-corrected chi connectivity index (χ3v) is 4.53. The van der Waals surface area contributed by atoms with Crippen LogP contribution in [-0.2, 0) is 0 Å². The molecule has 0 atom stereocenters. The van der Waals surface area contributed by atoms with Crippen LogP contribution in [-0.4, -0.2) is 45.9 Å². The molecule has 3 rings (SSSR count). The Bertz CT molecular complexity index is 1080. The van der Waals surface area contributed by atoms with E-state index in [0.29, 0.717) is 5.96 Å². The summed E-state index contributed by atoms with van der Waals surface area (Å²) in [5.74, 6) is 2.63. The molecule has 0 spiro atoms. The summed E-state index contributed by atoms with van der Waals surface area (Å²) in [4.78, 5) is 0. The highest BCUT2D eigenvalue weighted by atomic mass is 127. The number of hydrogen-bond acceptors (Lipinski definition) is 6. The van der Waals surface area contributed by atoms with Gasteiger partial charge in [-0.2, -0.15) is 10.2 Å². The lowest BCUT2D eigenvalue weighted by molar-refractivity contribution is -0.500. The lowest BCUT2D eigenvalue weighted by Crippen LogP contribution is -3.00. The number of benzene rings is 3. The average molecular weight is 586 g/mol. The molecule has 3 N–H and O–H groups in total. The van der Waals surface area contributed by atoms with Crippen LogP contribution < -0.4 is 54.1 Å². The predicted molar refractivity (Wildman–Crippen MR) is 134 cm³/mol. The number of guanidine groups is 1. The first-order valence-corrected chi connectivity index (χ1v) is 10.4. The number of rotatable bonds is 9. The van der Waals surface area contributed by atoms with Gasteiger partial charge in [0.25, 0.3) is 5.96 Å². The molecule has 0 aliphatic rings. The molecule has 35 heavy (non-hydrogen) atoms. The Morgan fingerprint density at radius 3 is 1.63 bits per heavy atom. The number of nitrogens with zero attached hydrogens (tertiary/aromatic N) is 3. The molecule has 0 radical (unpaired) electrons. The van der Waals surface area contributed by atoms with Crippen molar-refractivity contribution in [2.24, 2.45) is 15.3 Å². The topological polar surface area (TPSA) is 103 Å². The Kier molecular flexibility index (Phi) is 11.8. The van der Waals surface area contributed by atoms with E-state index in [1.165, 1.54) is 0 Å². The number of methoxy groups -OCH3 is 3. The first kappa shape index (κ1) is 27.3. The molecule has 182 valence electrons. The van der Waals surface area contributed by atoms with Gasteiger partial charge in [-0.25, -0.2) is 5.43 Å². The Morgan fingerprint density at radius 1 is 0.686 bits per heavy atom. The largest absolute Gasteiger partial charge is 1.00 e. The summed E-state index contributed by atoms with van der Waals surface area (Å²) in [7, 11) is 4.88. The van der Waals surface area contributed by atoms with E-state index in [2.05, 4.69) is 31.3 Å². The van der Waals surface area contributed by atoms with Crippen LogP contribution in [0.3, 0.4) is 0 Å². The molecule has 3 aromatic rings. The van der Waals surface area contributed by atoms with Crippen LogP contribution in [0.15, 0.2) is 88.1 Å². The minimum atomic E-state index is 0. The molecule has 0 heterocycles. The number of hydrazine groups is 1. The van der Waals surface area contributed by atoms with Crippen molar-refractivity contribution in [1.82, 2.24) is 10.9 Å². The van der Waals surface area contributed by atoms with Crippen LogP contribution in [0.1, 0.15) is 16.7 Å². The van der Waals surface area contributed by atoms with Gasteiger partial charge in [0.15, 0.2) is 6.21 Å². The highest BCUT2D eigenvalue weighted by molar-refractivity contribution is 5.85. The number of ether oxygens (including phenoxy) is 3. The van der Waals surface area contributed by atoms with Gasteiger partial charge in [-0.3, -0.25) is 0 Å². The monoisotopic (exact) mass is 586 g/mol. The van der Waals surface area contributed by atoms with E-state index in [1.807, 2.05) is 72.8 Å². The smallest absolute Gasteiger partial charge is 0.291 e. The third-order valence-electron chi connectivity index (χ3n) is 4.53. The normalized spacial score (nSPS) is 11.5. The van der Waals surface area contributed by atoms with Gasteiger partial charge in [-0.05, 0) is 83.9 Å². The molecule has 0 saturated carbocycles. The second-order valence-electron chi connectivity index (χ2n) is 6.80. The Morgan fingerprint density at radius 2 is 1.14 bits per heavy atom. The molecule has 0 fully saturated rings. The standard InChI is InChI=1S/C25H26N6O3.HI/c1-32-22-10-4-19(5-11-22)16-26-29-25(30-27-17-20-6-12-23(33-2)13-7-20)31-28-18-21-8-14-24(34-3)15-9-21;/h4-18H,1-3H3,(H2,29,30,31);1H/b26-16+,27-17?,28-18?;. The van der Waals surface area contributed by atoms with Gasteiger partial charge in [0, 0.05) is 5.56 Å². The molecule has 0 aliphatic heterocycles. The number of hydrazone groups is 2. The predicted octanol–water partition coefficient (Wildman–Crippen LogP) is -1.27. The van der Waals surface area contributed by atoms with Crippen molar-refractivity contribution in [3.63, 3.8) is 0 Å². The van der Waals surface area contributed by atoms with Gasteiger partial charge >= 0.3 is 0 Å². The van der Waals surface area contributed by atoms with Crippen LogP contribution in [0.2, 0.25) is 0 Å². The zero-order chi connectivity index (χ0) is 24.0. The molecule has 0 bridgehead atoms. The zero-order valence-corrected chi connectivity index (χ0v) is 21.8. The molecular formula is C25H27IN6O3. The molecule has 0 aliphatic carbocycles. The van der Waals surface area contributed by atoms with E-state index in [1.54, 1.807) is 40.0 Å². The Labute approximate surface area is 221 Å². The molecule has 0 aromatic heterocycles. The fourth-order valence-corrected chi connectivity index (χ4v) is 2.66. The van der Waals surface area contributed by atoms with Crippen molar-refractivity contribution < 1.29 is 43.3 Å². The summed E-state index contributed by atoms with van der Waals surface area (Å²) in [5.41, 5.74) is 8.50.